The maximum Gasteiger partial charge on any atom is 0.408 e. The minimum atomic E-state index is -1.61. The number of amides is 2. The molecule has 1 saturated heterocycles. The fourth-order valence-corrected chi connectivity index (χ4v) is 6.29. The average Bonchev–Trinajstić information content (AvgIpc) is 3.31. The Morgan fingerprint density at radius 1 is 0.565 bits per heavy atom. The molecule has 1 aliphatic heterocycles. The van der Waals surface area contributed by atoms with Crippen LogP contribution in [0.4, 0.5) is 4.79 Å². The summed E-state index contributed by atoms with van der Waals surface area (Å²) in [7, 11) is 0. The molecule has 6 atom stereocenters. The second-order valence-electron chi connectivity index (χ2n) is 13.9. The summed E-state index contributed by atoms with van der Waals surface area (Å²) in [4.78, 5) is 80.3. The molecular weight excluding hydrogens is 801 g/mol. The van der Waals surface area contributed by atoms with E-state index in [-0.39, 0.29) is 29.9 Å². The molecule has 0 aromatic heterocycles. The van der Waals surface area contributed by atoms with Crippen molar-refractivity contribution in [2.75, 3.05) is 13.2 Å². The lowest BCUT2D eigenvalue weighted by molar-refractivity contribution is -0.270. The van der Waals surface area contributed by atoms with Crippen LogP contribution in [0.5, 0.6) is 0 Å². The van der Waals surface area contributed by atoms with E-state index in [1.54, 1.807) is 109 Å². The SMILES string of the molecule is CC(=O)N[C@@H]1[C@@H](OC[C@H](NC(=O)OCc2ccccc2)C(=O)OCc2ccccc2)O[C@H](COC(=O)c2ccccc2)[C@H](OC(=O)c2ccccc2)[C@@H]1OC(=O)c1ccccc1. The van der Waals surface area contributed by atoms with Crippen molar-refractivity contribution in [2.24, 2.45) is 0 Å². The minimum absolute atomic E-state index is 0.114. The van der Waals surface area contributed by atoms with Crippen LogP contribution in [0.15, 0.2) is 152 Å². The zero-order valence-electron chi connectivity index (χ0n) is 33.5. The van der Waals surface area contributed by atoms with Crippen molar-refractivity contribution >= 4 is 35.9 Å². The van der Waals surface area contributed by atoms with Gasteiger partial charge < -0.3 is 43.8 Å². The standard InChI is InChI=1S/C47H44N2O13/c1-31(50)48-39-41(62-44(53)36-25-15-6-16-26-36)40(61-43(52)35-23-13-5-14-24-35)38(30-57-42(51)34-21-11-4-12-22-34)60-46(39)58-29-37(45(54)56-27-32-17-7-2-8-18-32)49-47(55)59-28-33-19-9-3-10-20-33/h2-26,37-41,46H,27-30H2,1H3,(H,48,50)(H,49,55)/t37-,38+,39-,40-,41+,46-/m0/s1. The van der Waals surface area contributed by atoms with E-state index in [0.717, 1.165) is 0 Å². The van der Waals surface area contributed by atoms with Crippen LogP contribution in [0, 0.1) is 0 Å². The van der Waals surface area contributed by atoms with Crippen molar-refractivity contribution in [3.05, 3.63) is 179 Å². The molecule has 5 aromatic carbocycles. The molecule has 5 aromatic rings. The molecule has 15 nitrogen and oxygen atoms in total. The number of hydrogen-bond acceptors (Lipinski definition) is 13. The molecule has 0 radical (unpaired) electrons. The van der Waals surface area contributed by atoms with Crippen LogP contribution in [0.1, 0.15) is 49.1 Å². The fourth-order valence-electron chi connectivity index (χ4n) is 6.29. The highest BCUT2D eigenvalue weighted by molar-refractivity contribution is 5.91. The van der Waals surface area contributed by atoms with Crippen molar-refractivity contribution in [3.63, 3.8) is 0 Å². The van der Waals surface area contributed by atoms with Gasteiger partial charge in [-0.25, -0.2) is 24.0 Å². The number of rotatable bonds is 17. The molecule has 0 spiro atoms. The summed E-state index contributed by atoms with van der Waals surface area (Å²) < 4.78 is 41.2. The Morgan fingerprint density at radius 3 is 1.52 bits per heavy atom. The normalized spacial score (nSPS) is 18.5. The van der Waals surface area contributed by atoms with Crippen LogP contribution in [-0.2, 0) is 56.0 Å². The number of carbonyl (C=O) groups excluding carboxylic acids is 6. The second-order valence-corrected chi connectivity index (χ2v) is 13.9. The predicted octanol–water partition coefficient (Wildman–Crippen LogP) is 5.58. The maximum atomic E-state index is 13.8. The highest BCUT2D eigenvalue weighted by Gasteiger charge is 2.52. The van der Waals surface area contributed by atoms with Crippen molar-refractivity contribution in [1.82, 2.24) is 10.6 Å². The third kappa shape index (κ3) is 12.8. The molecule has 1 fully saturated rings. The summed E-state index contributed by atoms with van der Waals surface area (Å²) in [6.45, 7) is -0.277. The van der Waals surface area contributed by atoms with Gasteiger partial charge in [-0.05, 0) is 47.5 Å². The van der Waals surface area contributed by atoms with Crippen LogP contribution in [-0.4, -0.2) is 85.8 Å². The topological polar surface area (TPSA) is 191 Å². The minimum Gasteiger partial charge on any atom is -0.459 e. The summed E-state index contributed by atoms with van der Waals surface area (Å²) in [5.74, 6) is -4.00. The molecule has 2 N–H and O–H groups in total. The Labute approximate surface area is 357 Å². The van der Waals surface area contributed by atoms with Crippen molar-refractivity contribution in [2.45, 2.75) is 56.8 Å². The summed E-state index contributed by atoms with van der Waals surface area (Å²) in [5, 5.41) is 5.16. The van der Waals surface area contributed by atoms with Gasteiger partial charge in [0.05, 0.1) is 23.3 Å². The lowest BCUT2D eigenvalue weighted by Gasteiger charge is -2.45. The Hall–Kier alpha value is -7.36. The van der Waals surface area contributed by atoms with Gasteiger partial charge in [0.15, 0.2) is 24.5 Å². The number of ether oxygens (including phenoxy) is 7. The Balaban J connectivity index is 1.31. The van der Waals surface area contributed by atoms with Crippen LogP contribution < -0.4 is 10.6 Å². The quantitative estimate of drug-likeness (QED) is 0.0873. The zero-order valence-corrected chi connectivity index (χ0v) is 33.5. The van der Waals surface area contributed by atoms with E-state index in [2.05, 4.69) is 10.6 Å². The molecule has 0 aliphatic carbocycles. The average molecular weight is 845 g/mol. The first-order valence-electron chi connectivity index (χ1n) is 19.6. The highest BCUT2D eigenvalue weighted by Crippen LogP contribution is 2.30. The molecule has 0 unspecified atom stereocenters. The molecule has 1 aliphatic rings. The van der Waals surface area contributed by atoms with E-state index < -0.39 is 85.8 Å². The zero-order chi connectivity index (χ0) is 43.7. The molecule has 0 saturated carbocycles. The van der Waals surface area contributed by atoms with Gasteiger partial charge in [-0.15, -0.1) is 0 Å². The largest absolute Gasteiger partial charge is 0.459 e. The number of nitrogens with one attached hydrogen (secondary N) is 2. The van der Waals surface area contributed by atoms with E-state index in [1.807, 2.05) is 6.07 Å². The Kier molecular flexibility index (Phi) is 15.9. The lowest BCUT2D eigenvalue weighted by atomic mass is 9.95. The van der Waals surface area contributed by atoms with Gasteiger partial charge in [0, 0.05) is 6.92 Å². The molecule has 62 heavy (non-hydrogen) atoms. The smallest absolute Gasteiger partial charge is 0.408 e. The van der Waals surface area contributed by atoms with Gasteiger partial charge in [0.1, 0.15) is 32.0 Å². The van der Waals surface area contributed by atoms with E-state index in [1.165, 1.54) is 43.3 Å². The summed E-state index contributed by atoms with van der Waals surface area (Å²) in [5.41, 5.74) is 1.82. The third-order valence-corrected chi connectivity index (χ3v) is 9.35. The molecule has 0 bridgehead atoms. The van der Waals surface area contributed by atoms with Gasteiger partial charge in [-0.3, -0.25) is 4.79 Å². The summed E-state index contributed by atoms with van der Waals surface area (Å²) >= 11 is 0. The van der Waals surface area contributed by atoms with E-state index in [9.17, 15) is 28.8 Å². The van der Waals surface area contributed by atoms with Crippen LogP contribution in [0.25, 0.3) is 0 Å². The number of benzene rings is 5. The second kappa shape index (κ2) is 22.3. The van der Waals surface area contributed by atoms with E-state index >= 15 is 0 Å². The van der Waals surface area contributed by atoms with Gasteiger partial charge in [-0.1, -0.05) is 115 Å². The number of alkyl carbamates (subject to hydrolysis) is 1. The van der Waals surface area contributed by atoms with Crippen molar-refractivity contribution < 1.29 is 61.9 Å². The van der Waals surface area contributed by atoms with Crippen LogP contribution in [0.3, 0.4) is 0 Å². The molecule has 15 heteroatoms. The molecule has 6 rings (SSSR count). The van der Waals surface area contributed by atoms with E-state index in [4.69, 9.17) is 33.2 Å². The van der Waals surface area contributed by atoms with Crippen LogP contribution >= 0.6 is 0 Å². The maximum absolute atomic E-state index is 13.8. The summed E-state index contributed by atoms with van der Waals surface area (Å²) in [6, 6.07) is 38.7. The molecule has 320 valence electrons. The Morgan fingerprint density at radius 2 is 1.02 bits per heavy atom. The predicted molar refractivity (Wildman–Crippen MR) is 220 cm³/mol. The Bertz CT molecular complexity index is 2250. The third-order valence-electron chi connectivity index (χ3n) is 9.35. The van der Waals surface area contributed by atoms with Crippen molar-refractivity contribution in [3.8, 4) is 0 Å². The molecular formula is C47H44N2O13. The molecule has 1 heterocycles. The van der Waals surface area contributed by atoms with Crippen molar-refractivity contribution in [1.29, 1.82) is 0 Å². The molecule has 2 amide bonds. The first-order valence-corrected chi connectivity index (χ1v) is 19.6. The van der Waals surface area contributed by atoms with Gasteiger partial charge >= 0.3 is 30.0 Å². The van der Waals surface area contributed by atoms with Gasteiger partial charge in [0.25, 0.3) is 0 Å². The van der Waals surface area contributed by atoms with Gasteiger partial charge in [-0.2, -0.15) is 0 Å². The van der Waals surface area contributed by atoms with Gasteiger partial charge in [0.2, 0.25) is 5.91 Å². The lowest BCUT2D eigenvalue weighted by Crippen LogP contribution is -2.67. The number of esters is 4. The number of hydrogen-bond donors (Lipinski definition) is 2. The highest BCUT2D eigenvalue weighted by atomic mass is 16.7. The van der Waals surface area contributed by atoms with E-state index in [0.29, 0.717) is 11.1 Å². The first-order chi connectivity index (χ1) is 30.1. The first kappa shape index (κ1) is 44.2. The monoisotopic (exact) mass is 844 g/mol. The summed E-state index contributed by atoms with van der Waals surface area (Å²) in [6.07, 6.45) is -7.09. The van der Waals surface area contributed by atoms with Crippen LogP contribution in [0.2, 0.25) is 0 Å². The number of carbonyl (C=O) groups is 6. The fraction of sp³-hybridized carbons (Fsp3) is 0.234.